The molecule has 0 rings (SSSR count). The summed E-state index contributed by atoms with van der Waals surface area (Å²) in [7, 11) is 0. The van der Waals surface area contributed by atoms with Gasteiger partial charge in [-0.05, 0) is 37.8 Å². The van der Waals surface area contributed by atoms with Crippen LogP contribution >= 0.6 is 15.9 Å². The van der Waals surface area contributed by atoms with Crippen molar-refractivity contribution in [3.05, 3.63) is 0 Å². The Balaban J connectivity index is 3.18. The third-order valence-corrected chi connectivity index (χ3v) is 3.23. The molecule has 0 radical (unpaired) electrons. The highest BCUT2D eigenvalue weighted by Gasteiger charge is 2.08. The maximum Gasteiger partial charge on any atom is 0.0155 e. The molecule has 2 heteroatoms. The molecule has 0 aromatic rings. The molecule has 0 saturated carbocycles. The van der Waals surface area contributed by atoms with E-state index in [1.54, 1.807) is 0 Å². The van der Waals surface area contributed by atoms with E-state index in [1.807, 2.05) is 0 Å². The second-order valence-electron chi connectivity index (χ2n) is 4.85. The van der Waals surface area contributed by atoms with Gasteiger partial charge in [0.2, 0.25) is 0 Å². The van der Waals surface area contributed by atoms with E-state index in [0.717, 1.165) is 13.1 Å². The molecule has 80 valence electrons. The number of alkyl halides is 1. The molecular weight excluding hydrogens is 226 g/mol. The van der Waals surface area contributed by atoms with Crippen molar-refractivity contribution in [2.45, 2.75) is 51.8 Å². The van der Waals surface area contributed by atoms with Gasteiger partial charge >= 0.3 is 0 Å². The highest BCUT2D eigenvalue weighted by Crippen LogP contribution is 2.17. The maximum absolute atomic E-state index is 3.63. The average molecular weight is 250 g/mol. The van der Waals surface area contributed by atoms with Crippen LogP contribution in [0.4, 0.5) is 0 Å². The van der Waals surface area contributed by atoms with E-state index in [-0.39, 0.29) is 0 Å². The zero-order chi connectivity index (χ0) is 10.3. The Morgan fingerprint density at radius 1 is 1.23 bits per heavy atom. The molecule has 0 heterocycles. The summed E-state index contributed by atoms with van der Waals surface area (Å²) in [6, 6.07) is 0. The van der Waals surface area contributed by atoms with Gasteiger partial charge in [-0.1, -0.05) is 43.6 Å². The van der Waals surface area contributed by atoms with Crippen LogP contribution in [0.25, 0.3) is 0 Å². The third-order valence-electron chi connectivity index (χ3n) is 2.13. The molecule has 0 spiro atoms. The lowest BCUT2D eigenvalue weighted by molar-refractivity contribution is 0.366. The van der Waals surface area contributed by atoms with Gasteiger partial charge in [0.25, 0.3) is 0 Å². The van der Waals surface area contributed by atoms with E-state index in [1.165, 1.54) is 19.3 Å². The van der Waals surface area contributed by atoms with Crippen molar-refractivity contribution in [1.82, 2.24) is 5.32 Å². The minimum absolute atomic E-state index is 0.464. The Morgan fingerprint density at radius 2 is 1.85 bits per heavy atom. The van der Waals surface area contributed by atoms with Crippen molar-refractivity contribution in [2.75, 3.05) is 13.1 Å². The van der Waals surface area contributed by atoms with Gasteiger partial charge in [-0.3, -0.25) is 0 Å². The molecule has 0 amide bonds. The second kappa shape index (κ2) is 6.83. The van der Waals surface area contributed by atoms with Crippen molar-refractivity contribution in [3.8, 4) is 0 Å². The lowest BCUT2D eigenvalue weighted by Gasteiger charge is -2.18. The molecule has 0 bridgehead atoms. The van der Waals surface area contributed by atoms with E-state index in [9.17, 15) is 0 Å². The molecule has 0 aromatic heterocycles. The van der Waals surface area contributed by atoms with E-state index in [0.29, 0.717) is 10.2 Å². The van der Waals surface area contributed by atoms with Crippen LogP contribution in [0, 0.1) is 5.41 Å². The summed E-state index contributed by atoms with van der Waals surface area (Å²) in [5, 5.41) is 3.48. The molecular formula is C11H24BrN. The van der Waals surface area contributed by atoms with Gasteiger partial charge in [-0.15, -0.1) is 0 Å². The SMILES string of the molecule is CCC(Br)CCNCCC(C)(C)C. The van der Waals surface area contributed by atoms with Crippen molar-refractivity contribution in [3.63, 3.8) is 0 Å². The highest BCUT2D eigenvalue weighted by atomic mass is 79.9. The van der Waals surface area contributed by atoms with Gasteiger partial charge in [0.15, 0.2) is 0 Å². The molecule has 0 aliphatic carbocycles. The number of hydrogen-bond acceptors (Lipinski definition) is 1. The summed E-state index contributed by atoms with van der Waals surface area (Å²) in [5.41, 5.74) is 0.464. The fraction of sp³-hybridized carbons (Fsp3) is 1.00. The van der Waals surface area contributed by atoms with Gasteiger partial charge in [0, 0.05) is 4.83 Å². The van der Waals surface area contributed by atoms with Crippen LogP contribution in [0.2, 0.25) is 0 Å². The lowest BCUT2D eigenvalue weighted by Crippen LogP contribution is -2.23. The summed E-state index contributed by atoms with van der Waals surface area (Å²) in [4.78, 5) is 0.689. The smallest absolute Gasteiger partial charge is 0.0155 e. The molecule has 0 saturated heterocycles. The van der Waals surface area contributed by atoms with Gasteiger partial charge < -0.3 is 5.32 Å². The Kier molecular flexibility index (Phi) is 7.06. The van der Waals surface area contributed by atoms with Gasteiger partial charge in [-0.25, -0.2) is 0 Å². The summed E-state index contributed by atoms with van der Waals surface area (Å²) >= 11 is 3.63. The first-order valence-corrected chi connectivity index (χ1v) is 6.22. The van der Waals surface area contributed by atoms with Gasteiger partial charge in [0.05, 0.1) is 0 Å². The molecule has 1 N–H and O–H groups in total. The predicted octanol–water partition coefficient (Wildman–Crippen LogP) is 3.58. The molecule has 0 aliphatic rings. The average Bonchev–Trinajstić information content (AvgIpc) is 2.01. The minimum atomic E-state index is 0.464. The highest BCUT2D eigenvalue weighted by molar-refractivity contribution is 9.09. The molecule has 1 atom stereocenters. The van der Waals surface area contributed by atoms with Gasteiger partial charge in [-0.2, -0.15) is 0 Å². The summed E-state index contributed by atoms with van der Waals surface area (Å²) in [6.07, 6.45) is 3.72. The maximum atomic E-state index is 3.63. The Hall–Kier alpha value is 0.440. The number of halogens is 1. The first-order valence-electron chi connectivity index (χ1n) is 5.30. The Morgan fingerprint density at radius 3 is 2.31 bits per heavy atom. The fourth-order valence-electron chi connectivity index (χ4n) is 1.05. The summed E-state index contributed by atoms with van der Waals surface area (Å²) in [6.45, 7) is 11.4. The zero-order valence-electron chi connectivity index (χ0n) is 9.49. The van der Waals surface area contributed by atoms with Crippen LogP contribution in [0.1, 0.15) is 47.0 Å². The van der Waals surface area contributed by atoms with Gasteiger partial charge in [0.1, 0.15) is 0 Å². The van der Waals surface area contributed by atoms with Crippen LogP contribution in [0.15, 0.2) is 0 Å². The lowest BCUT2D eigenvalue weighted by atomic mass is 9.92. The van der Waals surface area contributed by atoms with E-state index in [2.05, 4.69) is 48.9 Å². The monoisotopic (exact) mass is 249 g/mol. The molecule has 13 heavy (non-hydrogen) atoms. The quantitative estimate of drug-likeness (QED) is 0.561. The molecule has 0 fully saturated rings. The van der Waals surface area contributed by atoms with E-state index in [4.69, 9.17) is 0 Å². The van der Waals surface area contributed by atoms with Crippen LogP contribution in [0.5, 0.6) is 0 Å². The van der Waals surface area contributed by atoms with Crippen molar-refractivity contribution in [2.24, 2.45) is 5.41 Å². The van der Waals surface area contributed by atoms with Crippen LogP contribution in [-0.4, -0.2) is 17.9 Å². The Bertz CT molecular complexity index is 118. The summed E-state index contributed by atoms with van der Waals surface area (Å²) < 4.78 is 0. The van der Waals surface area contributed by atoms with Crippen LogP contribution in [0.3, 0.4) is 0 Å². The summed E-state index contributed by atoms with van der Waals surface area (Å²) in [5.74, 6) is 0. The van der Waals surface area contributed by atoms with Crippen LogP contribution < -0.4 is 5.32 Å². The largest absolute Gasteiger partial charge is 0.317 e. The van der Waals surface area contributed by atoms with E-state index >= 15 is 0 Å². The first kappa shape index (κ1) is 13.4. The second-order valence-corrected chi connectivity index (χ2v) is 6.15. The number of hydrogen-bond donors (Lipinski definition) is 1. The van der Waals surface area contributed by atoms with Crippen molar-refractivity contribution < 1.29 is 0 Å². The first-order chi connectivity index (χ1) is 5.95. The number of rotatable bonds is 6. The standard InChI is InChI=1S/C11H24BrN/c1-5-10(12)6-8-13-9-7-11(2,3)4/h10,13H,5-9H2,1-4H3. The number of nitrogens with one attached hydrogen (secondary N) is 1. The minimum Gasteiger partial charge on any atom is -0.317 e. The molecule has 1 nitrogen and oxygen atoms in total. The molecule has 0 aromatic carbocycles. The predicted molar refractivity (Wildman–Crippen MR) is 64.6 cm³/mol. The van der Waals surface area contributed by atoms with Crippen molar-refractivity contribution in [1.29, 1.82) is 0 Å². The molecule has 0 aliphatic heterocycles. The van der Waals surface area contributed by atoms with E-state index < -0.39 is 0 Å². The van der Waals surface area contributed by atoms with Crippen LogP contribution in [-0.2, 0) is 0 Å². The fourth-order valence-corrected chi connectivity index (χ4v) is 1.28. The zero-order valence-corrected chi connectivity index (χ0v) is 11.1. The topological polar surface area (TPSA) is 12.0 Å². The molecule has 1 unspecified atom stereocenters. The Labute approximate surface area is 91.8 Å². The normalized spacial score (nSPS) is 14.5. The third kappa shape index (κ3) is 10.4. The van der Waals surface area contributed by atoms with Crippen molar-refractivity contribution >= 4 is 15.9 Å².